The number of amidine groups is 1. The largest absolute Gasteiger partial charge is 0.457 e. The van der Waals surface area contributed by atoms with Crippen LogP contribution in [0.25, 0.3) is 17.4 Å². The summed E-state index contributed by atoms with van der Waals surface area (Å²) >= 11 is 1.28. The molecule has 178 valence electrons. The lowest BCUT2D eigenvalue weighted by molar-refractivity contribution is -0.385. The molecule has 1 aliphatic heterocycles. The fourth-order valence-corrected chi connectivity index (χ4v) is 4.92. The summed E-state index contributed by atoms with van der Waals surface area (Å²) in [6.45, 7) is 3.56. The normalized spacial score (nSPS) is 15.7. The number of aliphatic imine (C=N–C) groups is 1. The van der Waals surface area contributed by atoms with Crippen LogP contribution in [-0.2, 0) is 4.79 Å². The van der Waals surface area contributed by atoms with Gasteiger partial charge in [-0.2, -0.15) is 0 Å². The lowest BCUT2D eigenvalue weighted by atomic mass is 10.00. The molecule has 0 radical (unpaired) electrons. The molecule has 0 saturated carbocycles. The Morgan fingerprint density at radius 2 is 1.61 bits per heavy atom. The van der Waals surface area contributed by atoms with Gasteiger partial charge in [-0.25, -0.2) is 4.99 Å². The molecule has 0 atom stereocenters. The van der Waals surface area contributed by atoms with Crippen molar-refractivity contribution in [2.24, 2.45) is 4.99 Å². The van der Waals surface area contributed by atoms with Crippen LogP contribution >= 0.6 is 11.8 Å². The number of nitro benzene ring substituents is 1. The van der Waals surface area contributed by atoms with Crippen LogP contribution in [0.15, 0.2) is 99.2 Å². The van der Waals surface area contributed by atoms with Gasteiger partial charge in [0.15, 0.2) is 5.17 Å². The Balaban J connectivity index is 1.50. The summed E-state index contributed by atoms with van der Waals surface area (Å²) in [5.41, 5.74) is 3.69. The molecule has 36 heavy (non-hydrogen) atoms. The fourth-order valence-electron chi connectivity index (χ4n) is 3.94. The second kappa shape index (κ2) is 9.67. The highest BCUT2D eigenvalue weighted by molar-refractivity contribution is 8.19. The molecule has 1 aliphatic rings. The number of hydrogen-bond acceptors (Lipinski definition) is 6. The number of nitrogens with zero attached hydrogens (tertiary/aromatic N) is 3. The van der Waals surface area contributed by atoms with E-state index in [0.29, 0.717) is 27.2 Å². The number of carbonyl (C=O) groups is 1. The van der Waals surface area contributed by atoms with Gasteiger partial charge in [0, 0.05) is 23.3 Å². The topological polar surface area (TPSA) is 89.0 Å². The van der Waals surface area contributed by atoms with E-state index in [1.54, 1.807) is 36.1 Å². The summed E-state index contributed by atoms with van der Waals surface area (Å²) in [7, 11) is 0. The van der Waals surface area contributed by atoms with Crippen LogP contribution in [0.4, 0.5) is 17.1 Å². The van der Waals surface area contributed by atoms with Gasteiger partial charge in [0.1, 0.15) is 11.5 Å². The van der Waals surface area contributed by atoms with Crippen LogP contribution in [0.1, 0.15) is 16.9 Å². The van der Waals surface area contributed by atoms with Crippen LogP contribution < -0.4 is 4.90 Å². The summed E-state index contributed by atoms with van der Waals surface area (Å²) < 4.78 is 6.04. The van der Waals surface area contributed by atoms with Crippen molar-refractivity contribution in [2.75, 3.05) is 4.90 Å². The Bertz CT molecular complexity index is 1530. The number of benzene rings is 3. The lowest BCUT2D eigenvalue weighted by Gasteiger charge is -2.15. The zero-order valence-corrected chi connectivity index (χ0v) is 20.4. The maximum absolute atomic E-state index is 13.4. The van der Waals surface area contributed by atoms with Gasteiger partial charge in [-0.15, -0.1) is 0 Å². The minimum absolute atomic E-state index is 0.0735. The number of rotatable bonds is 5. The lowest BCUT2D eigenvalue weighted by Crippen LogP contribution is -2.28. The molecule has 0 unspecified atom stereocenters. The van der Waals surface area contributed by atoms with E-state index in [4.69, 9.17) is 9.41 Å². The maximum atomic E-state index is 13.4. The Hall–Kier alpha value is -4.43. The molecule has 5 rings (SSSR count). The summed E-state index contributed by atoms with van der Waals surface area (Å²) in [6, 6.07) is 25.6. The number of hydrogen-bond donors (Lipinski definition) is 0. The first kappa shape index (κ1) is 23.3. The van der Waals surface area contributed by atoms with Gasteiger partial charge < -0.3 is 4.42 Å². The molecule has 0 N–H and O–H groups in total. The highest BCUT2D eigenvalue weighted by atomic mass is 32.2. The van der Waals surface area contributed by atoms with Crippen molar-refractivity contribution in [3.63, 3.8) is 0 Å². The van der Waals surface area contributed by atoms with Crippen LogP contribution in [0, 0.1) is 24.0 Å². The molecule has 0 spiro atoms. The van der Waals surface area contributed by atoms with Gasteiger partial charge in [-0.3, -0.25) is 19.8 Å². The first-order valence-corrected chi connectivity index (χ1v) is 12.0. The molecule has 3 aromatic carbocycles. The molecular formula is C28H21N3O4S. The number of anilines is 1. The Morgan fingerprint density at radius 1 is 0.917 bits per heavy atom. The van der Waals surface area contributed by atoms with E-state index >= 15 is 0 Å². The predicted octanol–water partition coefficient (Wildman–Crippen LogP) is 7.28. The number of amides is 1. The molecule has 8 heteroatoms. The van der Waals surface area contributed by atoms with Gasteiger partial charge in [0.25, 0.3) is 11.6 Å². The van der Waals surface area contributed by atoms with Gasteiger partial charge in [0.05, 0.1) is 21.2 Å². The van der Waals surface area contributed by atoms with Crippen LogP contribution in [0.3, 0.4) is 0 Å². The third-order valence-corrected chi connectivity index (χ3v) is 6.89. The minimum atomic E-state index is -0.389. The molecule has 7 nitrogen and oxygen atoms in total. The van der Waals surface area contributed by atoms with Gasteiger partial charge in [0.2, 0.25) is 0 Å². The van der Waals surface area contributed by atoms with E-state index in [9.17, 15) is 14.9 Å². The van der Waals surface area contributed by atoms with Crippen LogP contribution in [0.5, 0.6) is 0 Å². The molecule has 1 aromatic heterocycles. The quantitative estimate of drug-likeness (QED) is 0.165. The minimum Gasteiger partial charge on any atom is -0.457 e. The van der Waals surface area contributed by atoms with Crippen molar-refractivity contribution in [1.82, 2.24) is 0 Å². The Morgan fingerprint density at radius 3 is 2.31 bits per heavy atom. The standard InChI is InChI=1S/C28H21N3O4S/c1-18-19(2)24(31(33)34)15-14-23(18)25-16-13-22(35-25)17-26-27(32)30(21-11-7-4-8-12-21)28(36-26)29-20-9-5-3-6-10-20/h3-17H,1-2H3. The predicted molar refractivity (Wildman–Crippen MR) is 143 cm³/mol. The van der Waals surface area contributed by atoms with Crippen LogP contribution in [0.2, 0.25) is 0 Å². The van der Waals surface area contributed by atoms with E-state index in [1.165, 1.54) is 17.8 Å². The average Bonchev–Trinajstić information content (AvgIpc) is 3.46. The summed E-state index contributed by atoms with van der Waals surface area (Å²) in [4.78, 5) is 31.1. The zero-order valence-electron chi connectivity index (χ0n) is 19.5. The molecule has 1 saturated heterocycles. The number of furan rings is 1. The number of thioether (sulfide) groups is 1. The van der Waals surface area contributed by atoms with E-state index in [0.717, 1.165) is 22.5 Å². The highest BCUT2D eigenvalue weighted by Crippen LogP contribution is 2.38. The fraction of sp³-hybridized carbons (Fsp3) is 0.0714. The van der Waals surface area contributed by atoms with E-state index in [-0.39, 0.29) is 16.5 Å². The van der Waals surface area contributed by atoms with Gasteiger partial charge in [-0.05, 0) is 73.6 Å². The van der Waals surface area contributed by atoms with Crippen molar-refractivity contribution in [2.45, 2.75) is 13.8 Å². The molecule has 0 bridgehead atoms. The monoisotopic (exact) mass is 495 g/mol. The third kappa shape index (κ3) is 4.46. The first-order chi connectivity index (χ1) is 17.4. The molecular weight excluding hydrogens is 474 g/mol. The van der Waals surface area contributed by atoms with Crippen molar-refractivity contribution in [3.8, 4) is 11.3 Å². The third-order valence-electron chi connectivity index (χ3n) is 5.92. The maximum Gasteiger partial charge on any atom is 0.272 e. The van der Waals surface area contributed by atoms with Gasteiger partial charge in [-0.1, -0.05) is 36.4 Å². The van der Waals surface area contributed by atoms with Crippen LogP contribution in [-0.4, -0.2) is 16.0 Å². The zero-order chi connectivity index (χ0) is 25.2. The van der Waals surface area contributed by atoms with Crippen molar-refractivity contribution < 1.29 is 14.1 Å². The van der Waals surface area contributed by atoms with E-state index in [2.05, 4.69) is 0 Å². The SMILES string of the molecule is Cc1c(-c2ccc(C=C3SC(=Nc4ccccc4)N(c4ccccc4)C3=O)o2)ccc([N+](=O)[O-])c1C. The highest BCUT2D eigenvalue weighted by Gasteiger charge is 2.35. The summed E-state index contributed by atoms with van der Waals surface area (Å²) in [5, 5.41) is 11.8. The smallest absolute Gasteiger partial charge is 0.272 e. The second-order valence-electron chi connectivity index (χ2n) is 8.16. The Kier molecular flexibility index (Phi) is 6.26. The first-order valence-electron chi connectivity index (χ1n) is 11.2. The number of para-hydroxylation sites is 2. The average molecular weight is 496 g/mol. The number of nitro groups is 1. The van der Waals surface area contributed by atoms with Crippen molar-refractivity contribution >= 4 is 46.0 Å². The van der Waals surface area contributed by atoms with E-state index < -0.39 is 0 Å². The number of carbonyl (C=O) groups excluding carboxylic acids is 1. The second-order valence-corrected chi connectivity index (χ2v) is 9.17. The van der Waals surface area contributed by atoms with E-state index in [1.807, 2.05) is 67.6 Å². The molecule has 1 amide bonds. The van der Waals surface area contributed by atoms with Crippen molar-refractivity contribution in [1.29, 1.82) is 0 Å². The molecule has 0 aliphatic carbocycles. The molecule has 1 fully saturated rings. The Labute approximate surface area is 211 Å². The summed E-state index contributed by atoms with van der Waals surface area (Å²) in [5.74, 6) is 0.886. The van der Waals surface area contributed by atoms with Gasteiger partial charge >= 0.3 is 0 Å². The van der Waals surface area contributed by atoms with Crippen molar-refractivity contribution in [3.05, 3.63) is 117 Å². The molecule has 2 heterocycles. The summed E-state index contributed by atoms with van der Waals surface area (Å²) in [6.07, 6.45) is 1.70. The molecule has 4 aromatic rings.